The van der Waals surface area contributed by atoms with Crippen LogP contribution in [0.25, 0.3) is 11.5 Å². The van der Waals surface area contributed by atoms with E-state index < -0.39 is 0 Å². The first-order chi connectivity index (χ1) is 15.1. The second-order valence-electron chi connectivity index (χ2n) is 8.35. The van der Waals surface area contributed by atoms with Crippen molar-refractivity contribution in [1.82, 2.24) is 20.1 Å². The van der Waals surface area contributed by atoms with Gasteiger partial charge < -0.3 is 14.5 Å². The number of hydrogen-bond acceptors (Lipinski definition) is 6. The standard InChI is InChI=1S/C23H31ClN4O3/c1-17-21(26-23(31-17)18-4-6-20(24)7-5-18)16-28-9-2-3-19(15-28)22(29)25-8-10-27-11-13-30-14-12-27/h4-7,19H,2-3,8-16H2,1H3,(H,25,29)/t19-/m1/s1. The molecule has 2 fully saturated rings. The molecule has 1 N–H and O–H groups in total. The van der Waals surface area contributed by atoms with E-state index in [1.165, 1.54) is 0 Å². The van der Waals surface area contributed by atoms with Crippen LogP contribution in [0.4, 0.5) is 0 Å². The highest BCUT2D eigenvalue weighted by Crippen LogP contribution is 2.25. The maximum absolute atomic E-state index is 12.7. The normalized spacial score (nSPS) is 20.6. The van der Waals surface area contributed by atoms with Crippen LogP contribution < -0.4 is 5.32 Å². The number of amides is 1. The van der Waals surface area contributed by atoms with Crippen molar-refractivity contribution < 1.29 is 13.9 Å². The summed E-state index contributed by atoms with van der Waals surface area (Å²) >= 11 is 5.98. The van der Waals surface area contributed by atoms with E-state index in [2.05, 4.69) is 15.1 Å². The SMILES string of the molecule is Cc1oc(-c2ccc(Cl)cc2)nc1CN1CCC[C@@H](C(=O)NCCN2CCOCC2)C1. The molecule has 3 heterocycles. The number of hydrogen-bond donors (Lipinski definition) is 1. The minimum atomic E-state index is 0.0291. The molecule has 4 rings (SSSR count). The van der Waals surface area contributed by atoms with Crippen LogP contribution in [-0.2, 0) is 16.1 Å². The zero-order valence-corrected chi connectivity index (χ0v) is 18.9. The Bertz CT molecular complexity index is 864. The molecule has 2 aliphatic rings. The summed E-state index contributed by atoms with van der Waals surface area (Å²) in [6, 6.07) is 7.50. The van der Waals surface area contributed by atoms with E-state index in [1.54, 1.807) is 0 Å². The van der Waals surface area contributed by atoms with Crippen LogP contribution in [0.5, 0.6) is 0 Å². The van der Waals surface area contributed by atoms with Crippen molar-refractivity contribution >= 4 is 17.5 Å². The van der Waals surface area contributed by atoms with Gasteiger partial charge in [-0.15, -0.1) is 0 Å². The quantitative estimate of drug-likeness (QED) is 0.705. The third-order valence-electron chi connectivity index (χ3n) is 6.06. The molecule has 1 aromatic heterocycles. The zero-order chi connectivity index (χ0) is 21.6. The number of aryl methyl sites for hydroxylation is 1. The summed E-state index contributed by atoms with van der Waals surface area (Å²) < 4.78 is 11.3. The Kier molecular flexibility index (Phi) is 7.61. The van der Waals surface area contributed by atoms with E-state index in [4.69, 9.17) is 25.7 Å². The zero-order valence-electron chi connectivity index (χ0n) is 18.1. The van der Waals surface area contributed by atoms with Crippen molar-refractivity contribution in [3.63, 3.8) is 0 Å². The lowest BCUT2D eigenvalue weighted by atomic mass is 9.97. The monoisotopic (exact) mass is 446 g/mol. The van der Waals surface area contributed by atoms with Gasteiger partial charge in [0.1, 0.15) is 5.76 Å². The summed E-state index contributed by atoms with van der Waals surface area (Å²) in [5.41, 5.74) is 1.84. The fourth-order valence-electron chi connectivity index (χ4n) is 4.22. The Balaban J connectivity index is 1.28. The van der Waals surface area contributed by atoms with Crippen molar-refractivity contribution in [2.24, 2.45) is 5.92 Å². The average molecular weight is 447 g/mol. The minimum Gasteiger partial charge on any atom is -0.441 e. The molecule has 0 bridgehead atoms. The summed E-state index contributed by atoms with van der Waals surface area (Å²) in [5, 5.41) is 3.82. The molecule has 2 aromatic rings. The smallest absolute Gasteiger partial charge is 0.226 e. The van der Waals surface area contributed by atoms with Crippen LogP contribution in [0.1, 0.15) is 24.3 Å². The van der Waals surface area contributed by atoms with Crippen molar-refractivity contribution in [2.45, 2.75) is 26.3 Å². The lowest BCUT2D eigenvalue weighted by molar-refractivity contribution is -0.126. The van der Waals surface area contributed by atoms with Gasteiger partial charge in [0.25, 0.3) is 0 Å². The largest absolute Gasteiger partial charge is 0.441 e. The number of nitrogens with zero attached hydrogens (tertiary/aromatic N) is 3. The van der Waals surface area contributed by atoms with Crippen molar-refractivity contribution in [1.29, 1.82) is 0 Å². The fraction of sp³-hybridized carbons (Fsp3) is 0.565. The highest BCUT2D eigenvalue weighted by Gasteiger charge is 2.27. The third kappa shape index (κ3) is 6.07. The Labute approximate surface area is 188 Å². The number of benzene rings is 1. The van der Waals surface area contributed by atoms with Crippen LogP contribution in [0.15, 0.2) is 28.7 Å². The third-order valence-corrected chi connectivity index (χ3v) is 6.32. The number of piperidine rings is 1. The molecule has 0 saturated carbocycles. The van der Waals surface area contributed by atoms with Gasteiger partial charge in [-0.25, -0.2) is 4.98 Å². The van der Waals surface area contributed by atoms with E-state index in [0.717, 1.165) is 75.8 Å². The van der Waals surface area contributed by atoms with Crippen LogP contribution in [0, 0.1) is 12.8 Å². The Morgan fingerprint density at radius 1 is 1.19 bits per heavy atom. The fourth-order valence-corrected chi connectivity index (χ4v) is 4.35. The van der Waals surface area contributed by atoms with Gasteiger partial charge in [-0.1, -0.05) is 11.6 Å². The molecule has 0 unspecified atom stereocenters. The van der Waals surface area contributed by atoms with Crippen molar-refractivity contribution in [2.75, 3.05) is 52.5 Å². The number of likely N-dealkylation sites (tertiary alicyclic amines) is 1. The van der Waals surface area contributed by atoms with Crippen LogP contribution in [0.3, 0.4) is 0 Å². The molecule has 2 aliphatic heterocycles. The van der Waals surface area contributed by atoms with E-state index in [1.807, 2.05) is 31.2 Å². The van der Waals surface area contributed by atoms with E-state index in [0.29, 0.717) is 24.0 Å². The van der Waals surface area contributed by atoms with Gasteiger partial charge in [-0.05, 0) is 50.6 Å². The minimum absolute atomic E-state index is 0.0291. The highest BCUT2D eigenvalue weighted by atomic mass is 35.5. The predicted molar refractivity (Wildman–Crippen MR) is 120 cm³/mol. The lowest BCUT2D eigenvalue weighted by Gasteiger charge is -2.32. The topological polar surface area (TPSA) is 70.8 Å². The second kappa shape index (κ2) is 10.6. The molecule has 2 saturated heterocycles. The predicted octanol–water partition coefficient (Wildman–Crippen LogP) is 2.96. The average Bonchev–Trinajstić information content (AvgIpc) is 3.15. The van der Waals surface area contributed by atoms with Crippen molar-refractivity contribution in [3.8, 4) is 11.5 Å². The number of aromatic nitrogens is 1. The first-order valence-corrected chi connectivity index (χ1v) is 11.5. The van der Waals surface area contributed by atoms with Crippen molar-refractivity contribution in [3.05, 3.63) is 40.7 Å². The van der Waals surface area contributed by atoms with Crippen LogP contribution in [-0.4, -0.2) is 73.2 Å². The molecule has 7 nitrogen and oxygen atoms in total. The molecule has 0 aliphatic carbocycles. The number of ether oxygens (including phenoxy) is 1. The van der Waals surface area contributed by atoms with Gasteiger partial charge in [0.15, 0.2) is 0 Å². The Morgan fingerprint density at radius 2 is 1.97 bits per heavy atom. The molecule has 8 heteroatoms. The van der Waals surface area contributed by atoms with Gasteiger partial charge in [0.05, 0.1) is 24.8 Å². The Hall–Kier alpha value is -1.93. The van der Waals surface area contributed by atoms with Gasteiger partial charge in [-0.2, -0.15) is 0 Å². The molecule has 1 aromatic carbocycles. The number of oxazole rings is 1. The number of morpholine rings is 1. The number of carbonyl (C=O) groups is 1. The van der Waals surface area contributed by atoms with Gasteiger partial charge in [-0.3, -0.25) is 14.6 Å². The summed E-state index contributed by atoms with van der Waals surface area (Å²) in [6.07, 6.45) is 1.95. The number of rotatable bonds is 7. The highest BCUT2D eigenvalue weighted by molar-refractivity contribution is 6.30. The molecule has 31 heavy (non-hydrogen) atoms. The number of nitrogens with one attached hydrogen (secondary N) is 1. The molecular formula is C23H31ClN4O3. The summed E-state index contributed by atoms with van der Waals surface area (Å²) in [5.74, 6) is 1.62. The maximum atomic E-state index is 12.7. The van der Waals surface area contributed by atoms with E-state index in [9.17, 15) is 4.79 Å². The molecular weight excluding hydrogens is 416 g/mol. The van der Waals surface area contributed by atoms with Crippen LogP contribution in [0.2, 0.25) is 5.02 Å². The molecule has 1 amide bonds. The Morgan fingerprint density at radius 3 is 2.74 bits per heavy atom. The van der Waals surface area contributed by atoms with Gasteiger partial charge in [0, 0.05) is 49.9 Å². The molecule has 1 atom stereocenters. The van der Waals surface area contributed by atoms with Crippen LogP contribution >= 0.6 is 11.6 Å². The van der Waals surface area contributed by atoms with Gasteiger partial charge in [0.2, 0.25) is 11.8 Å². The molecule has 168 valence electrons. The summed E-state index contributed by atoms with van der Waals surface area (Å²) in [7, 11) is 0. The van der Waals surface area contributed by atoms with E-state index in [-0.39, 0.29) is 11.8 Å². The number of carbonyl (C=O) groups excluding carboxylic acids is 1. The maximum Gasteiger partial charge on any atom is 0.226 e. The first-order valence-electron chi connectivity index (χ1n) is 11.1. The lowest BCUT2D eigenvalue weighted by Crippen LogP contribution is -2.45. The molecule has 0 radical (unpaired) electrons. The second-order valence-corrected chi connectivity index (χ2v) is 8.78. The summed E-state index contributed by atoms with van der Waals surface area (Å²) in [4.78, 5) is 22.1. The van der Waals surface area contributed by atoms with Gasteiger partial charge >= 0.3 is 0 Å². The first kappa shape index (κ1) is 22.3. The molecule has 0 spiro atoms. The number of halogens is 1. The summed E-state index contributed by atoms with van der Waals surface area (Å²) in [6.45, 7) is 9.41. The van der Waals surface area contributed by atoms with E-state index >= 15 is 0 Å².